The molecule has 1 aromatic carbocycles. The summed E-state index contributed by atoms with van der Waals surface area (Å²) in [6.45, 7) is 3.62. The molecule has 0 spiro atoms. The van der Waals surface area contributed by atoms with Gasteiger partial charge >= 0.3 is 0 Å². The number of aromatic nitrogens is 4. The smallest absolute Gasteiger partial charge is 0.165 e. The summed E-state index contributed by atoms with van der Waals surface area (Å²) in [5.74, 6) is -0.567. The fourth-order valence-corrected chi connectivity index (χ4v) is 1.66. The van der Waals surface area contributed by atoms with E-state index >= 15 is 0 Å². The molecule has 1 N–H and O–H groups in total. The van der Waals surface area contributed by atoms with Gasteiger partial charge in [-0.15, -0.1) is 5.10 Å². The van der Waals surface area contributed by atoms with Crippen LogP contribution in [-0.2, 0) is 13.1 Å². The standard InChI is InChI=1S/C12H15F2N5/c1-2-5-15-7-12-16-17-18-19(12)8-9-3-4-10(13)6-11(9)14/h3-4,6,15H,2,5,7-8H2,1H3. The highest BCUT2D eigenvalue weighted by Crippen LogP contribution is 2.11. The third-order valence-electron chi connectivity index (χ3n) is 2.65. The molecule has 0 amide bonds. The van der Waals surface area contributed by atoms with Crippen LogP contribution in [0.25, 0.3) is 0 Å². The predicted octanol–water partition coefficient (Wildman–Crippen LogP) is 1.50. The van der Waals surface area contributed by atoms with E-state index in [4.69, 9.17) is 0 Å². The van der Waals surface area contributed by atoms with E-state index < -0.39 is 11.6 Å². The number of rotatable bonds is 6. The lowest BCUT2D eigenvalue weighted by Gasteiger charge is -2.06. The highest BCUT2D eigenvalue weighted by Gasteiger charge is 2.09. The van der Waals surface area contributed by atoms with Gasteiger partial charge in [0.25, 0.3) is 0 Å². The molecule has 0 aliphatic heterocycles. The number of nitrogens with zero attached hydrogens (tertiary/aromatic N) is 4. The average molecular weight is 267 g/mol. The van der Waals surface area contributed by atoms with Crippen LogP contribution in [0.4, 0.5) is 8.78 Å². The Morgan fingerprint density at radius 2 is 2.16 bits per heavy atom. The molecule has 19 heavy (non-hydrogen) atoms. The van der Waals surface area contributed by atoms with Gasteiger partial charge < -0.3 is 5.32 Å². The quantitative estimate of drug-likeness (QED) is 0.806. The van der Waals surface area contributed by atoms with Crippen LogP contribution in [0.1, 0.15) is 24.7 Å². The summed E-state index contributed by atoms with van der Waals surface area (Å²) in [6.07, 6.45) is 1.01. The molecule has 0 atom stereocenters. The molecule has 0 aliphatic carbocycles. The number of nitrogens with one attached hydrogen (secondary N) is 1. The summed E-state index contributed by atoms with van der Waals surface area (Å²) in [7, 11) is 0. The van der Waals surface area contributed by atoms with Gasteiger partial charge in [0, 0.05) is 11.6 Å². The summed E-state index contributed by atoms with van der Waals surface area (Å²) in [5, 5.41) is 14.4. The zero-order chi connectivity index (χ0) is 13.7. The highest BCUT2D eigenvalue weighted by molar-refractivity contribution is 5.18. The molecular weight excluding hydrogens is 252 g/mol. The van der Waals surface area contributed by atoms with E-state index in [2.05, 4.69) is 27.8 Å². The highest BCUT2D eigenvalue weighted by atomic mass is 19.1. The van der Waals surface area contributed by atoms with Gasteiger partial charge in [-0.3, -0.25) is 0 Å². The van der Waals surface area contributed by atoms with Gasteiger partial charge in [-0.2, -0.15) is 0 Å². The lowest BCUT2D eigenvalue weighted by molar-refractivity contribution is 0.538. The Hall–Kier alpha value is -1.89. The third-order valence-corrected chi connectivity index (χ3v) is 2.65. The molecule has 0 saturated heterocycles. The van der Waals surface area contributed by atoms with E-state index in [0.717, 1.165) is 19.0 Å². The maximum Gasteiger partial charge on any atom is 0.165 e. The molecular formula is C12H15F2N5. The second-order valence-corrected chi connectivity index (χ2v) is 4.17. The lowest BCUT2D eigenvalue weighted by Crippen LogP contribution is -2.18. The molecule has 0 aliphatic rings. The van der Waals surface area contributed by atoms with Crippen LogP contribution in [-0.4, -0.2) is 26.8 Å². The molecule has 0 fully saturated rings. The molecule has 1 aromatic heterocycles. The van der Waals surface area contributed by atoms with Crippen molar-refractivity contribution in [2.75, 3.05) is 6.54 Å². The molecule has 2 aromatic rings. The summed E-state index contributed by atoms with van der Waals surface area (Å²) in [4.78, 5) is 0. The summed E-state index contributed by atoms with van der Waals surface area (Å²) in [6, 6.07) is 3.47. The van der Waals surface area contributed by atoms with E-state index in [1.54, 1.807) is 0 Å². The van der Waals surface area contributed by atoms with Gasteiger partial charge in [0.2, 0.25) is 0 Å². The molecule has 0 unspecified atom stereocenters. The van der Waals surface area contributed by atoms with Gasteiger partial charge in [0.1, 0.15) is 11.6 Å². The van der Waals surface area contributed by atoms with Crippen molar-refractivity contribution < 1.29 is 8.78 Å². The largest absolute Gasteiger partial charge is 0.310 e. The number of hydrogen-bond donors (Lipinski definition) is 1. The SMILES string of the molecule is CCCNCc1nnnn1Cc1ccc(F)cc1F. The molecule has 102 valence electrons. The van der Waals surface area contributed by atoms with Crippen LogP contribution in [0, 0.1) is 11.6 Å². The van der Waals surface area contributed by atoms with Crippen LogP contribution in [0.5, 0.6) is 0 Å². The fourth-order valence-electron chi connectivity index (χ4n) is 1.66. The minimum absolute atomic E-state index is 0.183. The average Bonchev–Trinajstić information content (AvgIpc) is 2.81. The molecule has 2 rings (SSSR count). The fraction of sp³-hybridized carbons (Fsp3) is 0.417. The van der Waals surface area contributed by atoms with Crippen molar-refractivity contribution in [3.63, 3.8) is 0 Å². The van der Waals surface area contributed by atoms with Crippen molar-refractivity contribution in [2.45, 2.75) is 26.4 Å². The first-order valence-electron chi connectivity index (χ1n) is 6.10. The van der Waals surface area contributed by atoms with E-state index in [1.165, 1.54) is 16.8 Å². The molecule has 0 saturated carbocycles. The van der Waals surface area contributed by atoms with Crippen molar-refractivity contribution in [3.05, 3.63) is 41.2 Å². The third kappa shape index (κ3) is 3.54. The second-order valence-electron chi connectivity index (χ2n) is 4.17. The first-order chi connectivity index (χ1) is 9.20. The Balaban J connectivity index is 2.08. The van der Waals surface area contributed by atoms with Crippen molar-refractivity contribution in [3.8, 4) is 0 Å². The topological polar surface area (TPSA) is 55.6 Å². The number of benzene rings is 1. The zero-order valence-corrected chi connectivity index (χ0v) is 10.6. The normalized spacial score (nSPS) is 10.9. The van der Waals surface area contributed by atoms with E-state index in [1.807, 2.05) is 0 Å². The summed E-state index contributed by atoms with van der Waals surface area (Å²) < 4.78 is 27.9. The molecule has 0 radical (unpaired) electrons. The van der Waals surface area contributed by atoms with Crippen molar-refractivity contribution in [1.82, 2.24) is 25.5 Å². The Labute approximate surface area is 109 Å². The monoisotopic (exact) mass is 267 g/mol. The van der Waals surface area contributed by atoms with E-state index in [-0.39, 0.29) is 6.54 Å². The van der Waals surface area contributed by atoms with Crippen molar-refractivity contribution in [2.24, 2.45) is 0 Å². The minimum atomic E-state index is -0.595. The summed E-state index contributed by atoms with van der Waals surface area (Å²) in [5.41, 5.74) is 0.352. The Bertz CT molecular complexity index is 541. The van der Waals surface area contributed by atoms with Crippen LogP contribution in [0.3, 0.4) is 0 Å². The van der Waals surface area contributed by atoms with Gasteiger partial charge in [-0.25, -0.2) is 13.5 Å². The first kappa shape index (κ1) is 13.5. The Morgan fingerprint density at radius 3 is 2.89 bits per heavy atom. The van der Waals surface area contributed by atoms with E-state index in [0.29, 0.717) is 17.9 Å². The minimum Gasteiger partial charge on any atom is -0.310 e. The first-order valence-corrected chi connectivity index (χ1v) is 6.10. The van der Waals surface area contributed by atoms with Crippen LogP contribution >= 0.6 is 0 Å². The van der Waals surface area contributed by atoms with Gasteiger partial charge in [-0.1, -0.05) is 13.0 Å². The zero-order valence-electron chi connectivity index (χ0n) is 10.6. The molecule has 0 bridgehead atoms. The lowest BCUT2D eigenvalue weighted by atomic mass is 10.2. The molecule has 5 nitrogen and oxygen atoms in total. The van der Waals surface area contributed by atoms with Crippen LogP contribution in [0.2, 0.25) is 0 Å². The van der Waals surface area contributed by atoms with Gasteiger partial charge in [0.05, 0.1) is 13.1 Å². The van der Waals surface area contributed by atoms with Crippen molar-refractivity contribution >= 4 is 0 Å². The van der Waals surface area contributed by atoms with Crippen LogP contribution in [0.15, 0.2) is 18.2 Å². The number of halogens is 2. The maximum atomic E-state index is 13.5. The summed E-state index contributed by atoms with van der Waals surface area (Å²) >= 11 is 0. The van der Waals surface area contributed by atoms with Crippen LogP contribution < -0.4 is 5.32 Å². The Morgan fingerprint density at radius 1 is 1.32 bits per heavy atom. The van der Waals surface area contributed by atoms with Crippen molar-refractivity contribution in [1.29, 1.82) is 0 Å². The number of tetrazole rings is 1. The molecule has 1 heterocycles. The maximum absolute atomic E-state index is 13.5. The predicted molar refractivity (Wildman–Crippen MR) is 65.3 cm³/mol. The van der Waals surface area contributed by atoms with E-state index in [9.17, 15) is 8.78 Å². The van der Waals surface area contributed by atoms with Gasteiger partial charge in [-0.05, 0) is 29.5 Å². The number of hydrogen-bond acceptors (Lipinski definition) is 4. The van der Waals surface area contributed by atoms with Gasteiger partial charge in [0.15, 0.2) is 5.82 Å². The second kappa shape index (κ2) is 6.33. The molecule has 7 heteroatoms. The Kier molecular flexibility index (Phi) is 4.51.